The van der Waals surface area contributed by atoms with E-state index in [1.165, 1.54) is 0 Å². The van der Waals surface area contributed by atoms with Crippen molar-refractivity contribution in [3.05, 3.63) is 82.5 Å². The molecule has 7 rings (SSSR count). The summed E-state index contributed by atoms with van der Waals surface area (Å²) in [5, 5.41) is 14.8. The monoisotopic (exact) mass is 806 g/mol. The number of methoxy groups -OCH3 is 1. The first kappa shape index (κ1) is 40.2. The number of hydrogen-bond acceptors (Lipinski definition) is 11. The minimum Gasteiger partial charge on any atom is -0.491 e. The highest BCUT2D eigenvalue weighted by Gasteiger charge is 2.28. The number of aryl methyl sites for hydroxylation is 4. The molecule has 19 nitrogen and oxygen atoms in total. The first-order valence-electron chi connectivity index (χ1n) is 19.2. The van der Waals surface area contributed by atoms with Gasteiger partial charge in [-0.1, -0.05) is 12.2 Å². The summed E-state index contributed by atoms with van der Waals surface area (Å²) in [6, 6.07) is 9.22. The molecule has 1 aliphatic heterocycles. The molecule has 0 saturated heterocycles. The normalized spacial score (nSPS) is 13.8. The van der Waals surface area contributed by atoms with Crippen LogP contribution in [0.15, 0.2) is 48.6 Å². The number of nitrogens with two attached hydrogens (primary N) is 2. The zero-order chi connectivity index (χ0) is 42.0. The quantitative estimate of drug-likeness (QED) is 0.0800. The number of amides is 4. The predicted molar refractivity (Wildman–Crippen MR) is 218 cm³/mol. The van der Waals surface area contributed by atoms with Gasteiger partial charge in [0.2, 0.25) is 23.7 Å². The summed E-state index contributed by atoms with van der Waals surface area (Å²) >= 11 is 0. The predicted octanol–water partition coefficient (Wildman–Crippen LogP) is 4.13. The van der Waals surface area contributed by atoms with Crippen LogP contribution in [-0.4, -0.2) is 89.2 Å². The summed E-state index contributed by atoms with van der Waals surface area (Å²) in [7, 11) is 1.60. The van der Waals surface area contributed by atoms with Crippen LogP contribution >= 0.6 is 0 Å². The average Bonchev–Trinajstić information content (AvgIpc) is 3.94. The van der Waals surface area contributed by atoms with Crippen LogP contribution in [-0.2, 0) is 24.4 Å². The molecule has 2 aromatic carbocycles. The maximum Gasteiger partial charge on any atom is 0.276 e. The number of imidazole rings is 2. The number of primary amides is 2. The van der Waals surface area contributed by atoms with E-state index in [1.54, 1.807) is 64.4 Å². The zero-order valence-electron chi connectivity index (χ0n) is 33.4. The highest BCUT2D eigenvalue weighted by Crippen LogP contribution is 2.38. The Morgan fingerprint density at radius 2 is 1.42 bits per heavy atom. The molecule has 0 spiro atoms. The summed E-state index contributed by atoms with van der Waals surface area (Å²) in [4.78, 5) is 61.8. The molecule has 0 bridgehead atoms. The first-order valence-corrected chi connectivity index (χ1v) is 19.2. The number of allylic oxidation sites excluding steroid dienone is 2. The summed E-state index contributed by atoms with van der Waals surface area (Å²) in [6.07, 6.45) is 4.86. The Labute approximate surface area is 338 Å². The Morgan fingerprint density at radius 3 is 2.03 bits per heavy atom. The Hall–Kier alpha value is -7.02. The van der Waals surface area contributed by atoms with E-state index >= 15 is 0 Å². The van der Waals surface area contributed by atoms with Crippen LogP contribution < -0.4 is 31.6 Å². The number of nitrogens with one attached hydrogen (secondary N) is 2. The molecule has 6 N–H and O–H groups in total. The lowest BCUT2D eigenvalue weighted by atomic mass is 10.1. The number of hydrogen-bond donors (Lipinski definition) is 4. The molecule has 308 valence electrons. The lowest BCUT2D eigenvalue weighted by Crippen LogP contribution is -2.21. The van der Waals surface area contributed by atoms with E-state index in [0.29, 0.717) is 88.9 Å². The second-order valence-corrected chi connectivity index (χ2v) is 14.0. The number of carbonyl (C=O) groups is 4. The van der Waals surface area contributed by atoms with Crippen molar-refractivity contribution in [3.8, 4) is 11.5 Å². The van der Waals surface area contributed by atoms with E-state index in [4.69, 9.17) is 35.6 Å². The Bertz CT molecular complexity index is 2630. The zero-order valence-corrected chi connectivity index (χ0v) is 33.4. The molecule has 4 aromatic heterocycles. The van der Waals surface area contributed by atoms with Gasteiger partial charge in [-0.15, -0.1) is 0 Å². The van der Waals surface area contributed by atoms with Gasteiger partial charge in [0.1, 0.15) is 33.9 Å². The molecule has 1 atom stereocenters. The Balaban J connectivity index is 1.31. The number of fused-ring (bicyclic) bond motifs is 1. The number of ether oxygens (including phenoxy) is 3. The van der Waals surface area contributed by atoms with E-state index in [2.05, 4.69) is 20.8 Å². The second-order valence-electron chi connectivity index (χ2n) is 14.0. The fourth-order valence-corrected chi connectivity index (χ4v) is 7.19. The van der Waals surface area contributed by atoms with Crippen LogP contribution in [0.5, 0.6) is 11.5 Å². The molecule has 4 amide bonds. The fourth-order valence-electron chi connectivity index (χ4n) is 7.19. The lowest BCUT2D eigenvalue weighted by molar-refractivity contribution is 0.0991. The molecule has 0 radical (unpaired) electrons. The van der Waals surface area contributed by atoms with Crippen molar-refractivity contribution in [3.63, 3.8) is 0 Å². The third-order valence-corrected chi connectivity index (χ3v) is 9.84. The number of benzene rings is 2. The van der Waals surface area contributed by atoms with Crippen molar-refractivity contribution in [2.45, 2.75) is 66.2 Å². The molecule has 0 aliphatic carbocycles. The second kappa shape index (κ2) is 16.8. The van der Waals surface area contributed by atoms with Crippen LogP contribution in [0.3, 0.4) is 0 Å². The standard InChI is InChI=1S/C40H46N12O7/c1-6-50-29(16-22(3)47-50)37(55)45-39-43-27-18-24(35(41)53)20-31(58-14-9-13-57-5)33(27)49(39)12-8-10-26-11-15-59-32-21-25(36(42)54)19-28-34(32)52(26)40(44-28)46-38(56)30-17-23(4)48-51(30)7-2/h8,10,16-21,26H,6-7,9,11-15H2,1-5H3,(H2,41,53)(H2,42,54)(H,43,45,55)(H,44,46,56)/b10-8+/t26-/m0/s1. The van der Waals surface area contributed by atoms with Gasteiger partial charge in [0, 0.05) is 57.3 Å². The molecule has 5 heterocycles. The van der Waals surface area contributed by atoms with Gasteiger partial charge in [0.25, 0.3) is 11.8 Å². The van der Waals surface area contributed by atoms with Crippen LogP contribution in [0.1, 0.15) is 85.8 Å². The van der Waals surface area contributed by atoms with Gasteiger partial charge in [-0.25, -0.2) is 9.97 Å². The lowest BCUT2D eigenvalue weighted by Gasteiger charge is -2.17. The summed E-state index contributed by atoms with van der Waals surface area (Å²) < 4.78 is 24.4. The van der Waals surface area contributed by atoms with Gasteiger partial charge in [0.15, 0.2) is 0 Å². The van der Waals surface area contributed by atoms with E-state index in [-0.39, 0.29) is 42.8 Å². The average molecular weight is 807 g/mol. The number of anilines is 2. The van der Waals surface area contributed by atoms with Crippen molar-refractivity contribution >= 4 is 57.6 Å². The van der Waals surface area contributed by atoms with Crippen molar-refractivity contribution in [2.24, 2.45) is 11.5 Å². The van der Waals surface area contributed by atoms with E-state index in [1.807, 2.05) is 37.5 Å². The van der Waals surface area contributed by atoms with Gasteiger partial charge < -0.3 is 30.2 Å². The van der Waals surface area contributed by atoms with Crippen LogP contribution in [0.2, 0.25) is 0 Å². The van der Waals surface area contributed by atoms with E-state index in [0.717, 1.165) is 0 Å². The number of rotatable bonds is 16. The maximum absolute atomic E-state index is 13.8. The molecule has 6 aromatic rings. The number of nitrogens with zero attached hydrogens (tertiary/aromatic N) is 8. The molecular formula is C40H46N12O7. The molecule has 0 unspecified atom stereocenters. The van der Waals surface area contributed by atoms with Crippen LogP contribution in [0.4, 0.5) is 11.9 Å². The van der Waals surface area contributed by atoms with Crippen LogP contribution in [0.25, 0.3) is 22.1 Å². The molecular weight excluding hydrogens is 761 g/mol. The third-order valence-electron chi connectivity index (χ3n) is 9.84. The molecule has 0 fully saturated rings. The topological polar surface area (TPSA) is 243 Å². The van der Waals surface area contributed by atoms with Gasteiger partial charge in [-0.2, -0.15) is 10.2 Å². The Kier molecular flexibility index (Phi) is 11.5. The third kappa shape index (κ3) is 8.09. The number of aromatic nitrogens is 8. The molecule has 59 heavy (non-hydrogen) atoms. The number of carbonyl (C=O) groups excluding carboxylic acids is 4. The van der Waals surface area contributed by atoms with Crippen molar-refractivity contribution < 1.29 is 33.4 Å². The SMILES string of the molecule is CCn1nc(C)cc1C(=O)Nc1nc2cc(C(N)=O)cc(OCCCOC)c2n1C/C=C/[C@H]1CCOc2cc(C(N)=O)cc3nc(NC(=O)c4cc(C)nn4CC)n1c23. The molecule has 1 aliphatic rings. The summed E-state index contributed by atoms with van der Waals surface area (Å²) in [6.45, 7) is 9.51. The summed E-state index contributed by atoms with van der Waals surface area (Å²) in [5.74, 6) is -1.02. The molecule has 0 saturated carbocycles. The minimum atomic E-state index is -0.668. The van der Waals surface area contributed by atoms with Gasteiger partial charge in [0.05, 0.1) is 41.7 Å². The van der Waals surface area contributed by atoms with E-state index < -0.39 is 29.7 Å². The maximum atomic E-state index is 13.8. The minimum absolute atomic E-state index is 0.169. The van der Waals surface area contributed by atoms with Crippen molar-refractivity contribution in [1.29, 1.82) is 0 Å². The summed E-state index contributed by atoms with van der Waals surface area (Å²) in [5.41, 5.74) is 15.7. The Morgan fingerprint density at radius 1 is 0.831 bits per heavy atom. The fraction of sp³-hybridized carbons (Fsp3) is 0.350. The first-order chi connectivity index (χ1) is 28.4. The largest absolute Gasteiger partial charge is 0.491 e. The van der Waals surface area contributed by atoms with Crippen molar-refractivity contribution in [1.82, 2.24) is 38.7 Å². The molecule has 19 heteroatoms. The van der Waals surface area contributed by atoms with Crippen molar-refractivity contribution in [2.75, 3.05) is 37.6 Å². The van der Waals surface area contributed by atoms with Gasteiger partial charge in [-0.3, -0.25) is 43.7 Å². The van der Waals surface area contributed by atoms with E-state index in [9.17, 15) is 19.2 Å². The van der Waals surface area contributed by atoms with Gasteiger partial charge in [-0.05, 0) is 64.1 Å². The highest BCUT2D eigenvalue weighted by atomic mass is 16.5. The van der Waals surface area contributed by atoms with Crippen LogP contribution in [0, 0.1) is 13.8 Å². The van der Waals surface area contributed by atoms with Gasteiger partial charge >= 0.3 is 0 Å². The highest BCUT2D eigenvalue weighted by molar-refractivity contribution is 6.05. The smallest absolute Gasteiger partial charge is 0.276 e.